The molecular weight excluding hydrogens is 482 g/mol. The van der Waals surface area contributed by atoms with Gasteiger partial charge in [0.1, 0.15) is 0 Å². The molecule has 0 spiro atoms. The molecule has 2 aliphatic rings. The Morgan fingerprint density at radius 1 is 0.882 bits per heavy atom. The summed E-state index contributed by atoms with van der Waals surface area (Å²) in [6.45, 7) is 1.24. The highest BCUT2D eigenvalue weighted by Crippen LogP contribution is 2.31. The van der Waals surface area contributed by atoms with Crippen LogP contribution in [-0.2, 0) is 20.0 Å². The summed E-state index contributed by atoms with van der Waals surface area (Å²) >= 11 is 0. The maximum atomic E-state index is 13.1. The van der Waals surface area contributed by atoms with E-state index in [9.17, 15) is 21.6 Å². The van der Waals surface area contributed by atoms with Crippen molar-refractivity contribution in [3.8, 4) is 11.5 Å². The van der Waals surface area contributed by atoms with E-state index in [1.165, 1.54) is 35.0 Å². The number of carbonyl (C=O) groups is 1. The molecule has 0 radical (unpaired) electrons. The molecule has 0 atom stereocenters. The van der Waals surface area contributed by atoms with Crippen LogP contribution in [0.3, 0.4) is 0 Å². The first-order valence-electron chi connectivity index (χ1n) is 10.8. The topological polar surface area (TPSA) is 114 Å². The molecule has 34 heavy (non-hydrogen) atoms. The number of carbonyl (C=O) groups excluding carboxylic acids is 1. The van der Waals surface area contributed by atoms with Gasteiger partial charge in [-0.3, -0.25) is 9.10 Å². The molecule has 4 rings (SSSR count). The second-order valence-electron chi connectivity index (χ2n) is 8.00. The number of anilines is 1. The number of hydrogen-bond acceptors (Lipinski definition) is 7. The number of rotatable bonds is 6. The predicted molar refractivity (Wildman–Crippen MR) is 126 cm³/mol. The molecule has 2 aliphatic heterocycles. The summed E-state index contributed by atoms with van der Waals surface area (Å²) in [4.78, 5) is 14.6. The van der Waals surface area contributed by atoms with Crippen LogP contribution in [0.15, 0.2) is 47.4 Å². The number of nitrogens with zero attached hydrogens (tertiary/aromatic N) is 3. The molecule has 0 unspecified atom stereocenters. The summed E-state index contributed by atoms with van der Waals surface area (Å²) in [6, 6.07) is 10.9. The molecule has 12 heteroatoms. The van der Waals surface area contributed by atoms with Gasteiger partial charge in [-0.1, -0.05) is 0 Å². The number of benzene rings is 2. The van der Waals surface area contributed by atoms with Gasteiger partial charge < -0.3 is 14.4 Å². The van der Waals surface area contributed by atoms with Crippen molar-refractivity contribution >= 4 is 31.6 Å². The van der Waals surface area contributed by atoms with E-state index in [2.05, 4.69) is 0 Å². The van der Waals surface area contributed by atoms with Crippen LogP contribution in [0.5, 0.6) is 11.5 Å². The highest BCUT2D eigenvalue weighted by atomic mass is 32.2. The van der Waals surface area contributed by atoms with E-state index < -0.39 is 20.0 Å². The Hall–Kier alpha value is -2.83. The molecule has 0 aromatic heterocycles. The minimum atomic E-state index is -3.76. The molecule has 2 saturated heterocycles. The quantitative estimate of drug-likeness (QED) is 0.578. The maximum Gasteiger partial charge on any atom is 0.253 e. The summed E-state index contributed by atoms with van der Waals surface area (Å²) in [6.07, 6.45) is 0.583. The smallest absolute Gasteiger partial charge is 0.253 e. The van der Waals surface area contributed by atoms with Crippen LogP contribution < -0.4 is 13.8 Å². The summed E-state index contributed by atoms with van der Waals surface area (Å²) in [5.41, 5.74) is 0.969. The van der Waals surface area contributed by atoms with Gasteiger partial charge in [-0.2, -0.15) is 4.31 Å². The Bertz CT molecular complexity index is 1270. The molecule has 0 aliphatic carbocycles. The molecule has 0 N–H and O–H groups in total. The second-order valence-corrected chi connectivity index (χ2v) is 12.0. The summed E-state index contributed by atoms with van der Waals surface area (Å²) in [5.74, 6) is 0.663. The number of methoxy groups -OCH3 is 2. The monoisotopic (exact) mass is 509 g/mol. The lowest BCUT2D eigenvalue weighted by atomic mass is 10.1. The first-order valence-corrected chi connectivity index (χ1v) is 13.8. The maximum absolute atomic E-state index is 13.1. The van der Waals surface area contributed by atoms with Crippen molar-refractivity contribution in [2.24, 2.45) is 0 Å². The molecule has 2 fully saturated rings. The average Bonchev–Trinajstić information content (AvgIpc) is 3.22. The Kier molecular flexibility index (Phi) is 6.74. The van der Waals surface area contributed by atoms with Crippen molar-refractivity contribution in [1.82, 2.24) is 9.21 Å². The van der Waals surface area contributed by atoms with E-state index in [0.717, 1.165) is 0 Å². The van der Waals surface area contributed by atoms with Gasteiger partial charge >= 0.3 is 0 Å². The molecule has 1 amide bonds. The molecular formula is C22H27N3O7S2. The third kappa shape index (κ3) is 4.57. The van der Waals surface area contributed by atoms with Crippen LogP contribution in [0.4, 0.5) is 5.69 Å². The van der Waals surface area contributed by atoms with Gasteiger partial charge in [-0.05, 0) is 42.8 Å². The van der Waals surface area contributed by atoms with Gasteiger partial charge in [-0.15, -0.1) is 0 Å². The number of amides is 1. The van der Waals surface area contributed by atoms with Crippen molar-refractivity contribution in [2.45, 2.75) is 11.3 Å². The standard InChI is InChI=1S/C22H27N3O7S2/c1-31-20-9-8-19(16-21(20)32-2)34(29,30)24-13-11-23(12-14-24)22(26)17-4-6-18(7-5-17)25-10-3-15-33(25,27)28/h4-9,16H,3,10-15H2,1-2H3. The van der Waals surface area contributed by atoms with Crippen LogP contribution in [0.1, 0.15) is 16.8 Å². The molecule has 0 saturated carbocycles. The van der Waals surface area contributed by atoms with Crippen LogP contribution in [0, 0.1) is 0 Å². The zero-order chi connectivity index (χ0) is 24.5. The van der Waals surface area contributed by atoms with Crippen molar-refractivity contribution in [3.63, 3.8) is 0 Å². The van der Waals surface area contributed by atoms with Crippen molar-refractivity contribution < 1.29 is 31.1 Å². The zero-order valence-corrected chi connectivity index (χ0v) is 20.6. The first kappa shape index (κ1) is 24.3. The van der Waals surface area contributed by atoms with Crippen LogP contribution >= 0.6 is 0 Å². The Morgan fingerprint density at radius 2 is 1.53 bits per heavy atom. The highest BCUT2D eigenvalue weighted by molar-refractivity contribution is 7.93. The summed E-state index contributed by atoms with van der Waals surface area (Å²) < 4.78 is 63.5. The minimum Gasteiger partial charge on any atom is -0.493 e. The van der Waals surface area contributed by atoms with Crippen LogP contribution in [-0.4, -0.2) is 84.6 Å². The molecule has 10 nitrogen and oxygen atoms in total. The van der Waals surface area contributed by atoms with Gasteiger partial charge in [0.15, 0.2) is 11.5 Å². The van der Waals surface area contributed by atoms with Gasteiger partial charge in [0.05, 0.1) is 30.6 Å². The van der Waals surface area contributed by atoms with Crippen LogP contribution in [0.2, 0.25) is 0 Å². The summed E-state index contributed by atoms with van der Waals surface area (Å²) in [7, 11) is -4.13. The number of sulfonamides is 2. The Balaban J connectivity index is 1.42. The third-order valence-corrected chi connectivity index (χ3v) is 9.78. The third-order valence-electron chi connectivity index (χ3n) is 6.02. The zero-order valence-electron chi connectivity index (χ0n) is 19.0. The Morgan fingerprint density at radius 3 is 2.09 bits per heavy atom. The normalized spacial score (nSPS) is 18.6. The molecule has 2 aromatic rings. The lowest BCUT2D eigenvalue weighted by Crippen LogP contribution is -2.50. The van der Waals surface area contributed by atoms with E-state index in [1.807, 2.05) is 0 Å². The lowest BCUT2D eigenvalue weighted by Gasteiger charge is -2.34. The molecule has 2 heterocycles. The number of ether oxygens (including phenoxy) is 2. The van der Waals surface area contributed by atoms with E-state index in [1.54, 1.807) is 35.2 Å². The van der Waals surface area contributed by atoms with Gasteiger partial charge in [0.2, 0.25) is 20.0 Å². The van der Waals surface area contributed by atoms with Crippen molar-refractivity contribution in [3.05, 3.63) is 48.0 Å². The fraction of sp³-hybridized carbons (Fsp3) is 0.409. The lowest BCUT2D eigenvalue weighted by molar-refractivity contribution is 0.0698. The van der Waals surface area contributed by atoms with E-state index in [0.29, 0.717) is 35.7 Å². The predicted octanol–water partition coefficient (Wildman–Crippen LogP) is 1.39. The minimum absolute atomic E-state index is 0.0948. The number of hydrogen-bond donors (Lipinski definition) is 0. The number of piperazine rings is 1. The average molecular weight is 510 g/mol. The SMILES string of the molecule is COc1ccc(S(=O)(=O)N2CCN(C(=O)c3ccc(N4CCCS4(=O)=O)cc3)CC2)cc1OC. The highest BCUT2D eigenvalue weighted by Gasteiger charge is 2.32. The van der Waals surface area contributed by atoms with Crippen molar-refractivity contribution in [1.29, 1.82) is 0 Å². The van der Waals surface area contributed by atoms with E-state index in [-0.39, 0.29) is 42.7 Å². The second kappa shape index (κ2) is 9.43. The fourth-order valence-corrected chi connectivity index (χ4v) is 7.14. The fourth-order valence-electron chi connectivity index (χ4n) is 4.14. The summed E-state index contributed by atoms with van der Waals surface area (Å²) in [5, 5.41) is 0. The molecule has 0 bridgehead atoms. The largest absolute Gasteiger partial charge is 0.493 e. The van der Waals surface area contributed by atoms with Gasteiger partial charge in [-0.25, -0.2) is 16.8 Å². The van der Waals surface area contributed by atoms with E-state index in [4.69, 9.17) is 9.47 Å². The van der Waals surface area contributed by atoms with Gasteiger partial charge in [0.25, 0.3) is 5.91 Å². The molecule has 184 valence electrons. The molecule has 2 aromatic carbocycles. The first-order chi connectivity index (χ1) is 16.2. The van der Waals surface area contributed by atoms with Gasteiger partial charge in [0, 0.05) is 44.4 Å². The Labute approximate surface area is 199 Å². The van der Waals surface area contributed by atoms with Crippen LogP contribution in [0.25, 0.3) is 0 Å². The van der Waals surface area contributed by atoms with E-state index >= 15 is 0 Å². The van der Waals surface area contributed by atoms with Crippen molar-refractivity contribution in [2.75, 3.05) is 57.0 Å².